The Morgan fingerprint density at radius 2 is 0.770 bits per heavy atom. The van der Waals surface area contributed by atoms with E-state index in [1.807, 2.05) is 24.3 Å². The fraction of sp³-hybridized carbons (Fsp3) is 0. The Hall–Kier alpha value is -8.21. The van der Waals surface area contributed by atoms with Crippen molar-refractivity contribution in [2.24, 2.45) is 0 Å². The highest BCUT2D eigenvalue weighted by atomic mass is 16.3. The number of rotatable bonds is 6. The Morgan fingerprint density at radius 3 is 1.56 bits per heavy atom. The Kier molecular flexibility index (Phi) is 8.13. The molecule has 12 rings (SSSR count). The van der Waals surface area contributed by atoms with E-state index in [0.29, 0.717) is 17.5 Å². The number of aromatic nitrogens is 3. The van der Waals surface area contributed by atoms with E-state index < -0.39 is 0 Å². The topological polar surface area (TPSA) is 51.8 Å². The molecule has 0 fully saturated rings. The molecule has 12 aromatic rings. The van der Waals surface area contributed by atoms with Crippen LogP contribution in [-0.2, 0) is 0 Å². The number of fused-ring (bicyclic) bond motifs is 6. The van der Waals surface area contributed by atoms with Crippen molar-refractivity contribution >= 4 is 54.3 Å². The number of para-hydroxylation sites is 2. The Balaban J connectivity index is 1.01. The monoisotopic (exact) mass is 777 g/mol. The number of hydrogen-bond donors (Lipinski definition) is 0. The third-order valence-electron chi connectivity index (χ3n) is 11.9. The number of nitrogens with zero attached hydrogens (tertiary/aromatic N) is 3. The van der Waals surface area contributed by atoms with Crippen LogP contribution in [0.2, 0.25) is 0 Å². The van der Waals surface area contributed by atoms with Gasteiger partial charge in [0.25, 0.3) is 0 Å². The highest BCUT2D eigenvalue weighted by Crippen LogP contribution is 2.39. The van der Waals surface area contributed by atoms with Gasteiger partial charge in [0.15, 0.2) is 17.5 Å². The van der Waals surface area contributed by atoms with Crippen molar-refractivity contribution in [3.05, 3.63) is 212 Å². The number of furan rings is 1. The van der Waals surface area contributed by atoms with E-state index in [-0.39, 0.29) is 0 Å². The minimum Gasteiger partial charge on any atom is -0.455 e. The van der Waals surface area contributed by atoms with Crippen molar-refractivity contribution in [2.45, 2.75) is 0 Å². The zero-order valence-corrected chi connectivity index (χ0v) is 33.0. The molecular weight excluding hydrogens is 743 g/mol. The Bertz CT molecular complexity index is 3650. The van der Waals surface area contributed by atoms with Gasteiger partial charge in [0.1, 0.15) is 11.2 Å². The van der Waals surface area contributed by atoms with Gasteiger partial charge in [0.05, 0.1) is 5.56 Å². The molecule has 61 heavy (non-hydrogen) atoms. The van der Waals surface area contributed by atoms with Crippen LogP contribution < -0.4 is 0 Å². The molecule has 10 aromatic carbocycles. The molecule has 0 aliphatic heterocycles. The first kappa shape index (κ1) is 34.8. The second-order valence-corrected chi connectivity index (χ2v) is 15.6. The smallest absolute Gasteiger partial charge is 0.167 e. The fourth-order valence-electron chi connectivity index (χ4n) is 8.82. The van der Waals surface area contributed by atoms with E-state index in [9.17, 15) is 0 Å². The molecule has 0 unspecified atom stereocenters. The van der Waals surface area contributed by atoms with Gasteiger partial charge in [0.2, 0.25) is 0 Å². The maximum absolute atomic E-state index is 6.52. The maximum Gasteiger partial charge on any atom is 0.167 e. The predicted molar refractivity (Wildman–Crippen MR) is 252 cm³/mol. The minimum absolute atomic E-state index is 0.556. The lowest BCUT2D eigenvalue weighted by Gasteiger charge is -2.14. The van der Waals surface area contributed by atoms with Crippen molar-refractivity contribution in [2.75, 3.05) is 0 Å². The lowest BCUT2D eigenvalue weighted by atomic mass is 9.92. The van der Waals surface area contributed by atoms with Crippen LogP contribution in [0.25, 0.3) is 122 Å². The zero-order chi connectivity index (χ0) is 40.3. The zero-order valence-electron chi connectivity index (χ0n) is 33.0. The predicted octanol–water partition coefficient (Wildman–Crippen LogP) is 15.2. The molecule has 284 valence electrons. The molecule has 0 bridgehead atoms. The van der Waals surface area contributed by atoms with Gasteiger partial charge in [-0.05, 0) is 102 Å². The van der Waals surface area contributed by atoms with E-state index in [0.717, 1.165) is 71.7 Å². The van der Waals surface area contributed by atoms with Crippen molar-refractivity contribution < 1.29 is 4.42 Å². The molecule has 0 spiro atoms. The average molecular weight is 778 g/mol. The van der Waals surface area contributed by atoms with Crippen LogP contribution >= 0.6 is 0 Å². The summed E-state index contributed by atoms with van der Waals surface area (Å²) in [5, 5.41) is 9.12. The van der Waals surface area contributed by atoms with Gasteiger partial charge in [-0.3, -0.25) is 0 Å². The fourth-order valence-corrected chi connectivity index (χ4v) is 8.82. The summed E-state index contributed by atoms with van der Waals surface area (Å²) in [5.41, 5.74) is 11.2. The summed E-state index contributed by atoms with van der Waals surface area (Å²) in [4.78, 5) is 15.7. The summed E-state index contributed by atoms with van der Waals surface area (Å²) in [6.45, 7) is 0. The van der Waals surface area contributed by atoms with Gasteiger partial charge in [-0.15, -0.1) is 0 Å². The molecule has 0 saturated heterocycles. The Labute approximate surface area is 352 Å². The maximum atomic E-state index is 6.52. The third-order valence-corrected chi connectivity index (χ3v) is 11.9. The van der Waals surface area contributed by atoms with Crippen LogP contribution in [0, 0.1) is 0 Å². The molecule has 2 aromatic heterocycles. The first-order chi connectivity index (χ1) is 30.2. The Morgan fingerprint density at radius 1 is 0.262 bits per heavy atom. The van der Waals surface area contributed by atoms with E-state index >= 15 is 0 Å². The van der Waals surface area contributed by atoms with Crippen molar-refractivity contribution in [3.8, 4) is 67.5 Å². The lowest BCUT2D eigenvalue weighted by molar-refractivity contribution is 0.669. The largest absolute Gasteiger partial charge is 0.455 e. The van der Waals surface area contributed by atoms with E-state index in [4.69, 9.17) is 19.4 Å². The van der Waals surface area contributed by atoms with Gasteiger partial charge in [-0.25, -0.2) is 15.0 Å². The third kappa shape index (κ3) is 6.12. The molecule has 0 amide bonds. The number of benzene rings is 10. The first-order valence-electron chi connectivity index (χ1n) is 20.6. The van der Waals surface area contributed by atoms with Gasteiger partial charge in [0, 0.05) is 21.9 Å². The first-order valence-corrected chi connectivity index (χ1v) is 20.6. The van der Waals surface area contributed by atoms with Gasteiger partial charge < -0.3 is 4.42 Å². The summed E-state index contributed by atoms with van der Waals surface area (Å²) in [6, 6.07) is 74.8. The van der Waals surface area contributed by atoms with E-state index in [1.165, 1.54) is 32.7 Å². The summed E-state index contributed by atoms with van der Waals surface area (Å²) in [5.74, 6) is 1.75. The molecule has 0 N–H and O–H groups in total. The lowest BCUT2D eigenvalue weighted by Crippen LogP contribution is -2.01. The molecule has 2 heterocycles. The SMILES string of the molecule is c1ccc(-c2ccc3ccc(-c4ccc(-c5nc(-c6ccc(-c7ccc8ccccc8c7)cc6)nc(-c6cccc7c6oc6ccccc67)n5)c5ccccc45)cc3c2)cc1. The number of hydrogen-bond acceptors (Lipinski definition) is 4. The van der Waals surface area contributed by atoms with Gasteiger partial charge in [-0.2, -0.15) is 0 Å². The standard InChI is InChI=1S/C57H35N3O/c1-2-11-36(12-3-1)43-29-24-39-25-30-44(35-45(39)34-43)46-31-32-51(48-16-7-6-15-47(46)48)56-58-55(40-26-21-38(22-27-40)42-28-23-37-13-4-5-14-41(37)33-42)59-57(60-56)52-19-10-18-50-49-17-8-9-20-53(49)61-54(50)52/h1-35H. The van der Waals surface area contributed by atoms with Gasteiger partial charge in [-0.1, -0.05) is 176 Å². The van der Waals surface area contributed by atoms with Crippen LogP contribution in [0.4, 0.5) is 0 Å². The normalized spacial score (nSPS) is 11.6. The van der Waals surface area contributed by atoms with Crippen molar-refractivity contribution in [1.82, 2.24) is 15.0 Å². The summed E-state index contributed by atoms with van der Waals surface area (Å²) in [7, 11) is 0. The quantitative estimate of drug-likeness (QED) is 0.169. The van der Waals surface area contributed by atoms with Crippen LogP contribution in [0.3, 0.4) is 0 Å². The summed E-state index contributed by atoms with van der Waals surface area (Å²) >= 11 is 0. The molecule has 0 aliphatic rings. The summed E-state index contributed by atoms with van der Waals surface area (Å²) in [6.07, 6.45) is 0. The highest BCUT2D eigenvalue weighted by molar-refractivity contribution is 6.09. The van der Waals surface area contributed by atoms with Crippen molar-refractivity contribution in [1.29, 1.82) is 0 Å². The average Bonchev–Trinajstić information content (AvgIpc) is 3.72. The molecule has 4 nitrogen and oxygen atoms in total. The second kappa shape index (κ2) is 14.3. The summed E-state index contributed by atoms with van der Waals surface area (Å²) < 4.78 is 6.52. The van der Waals surface area contributed by atoms with Gasteiger partial charge >= 0.3 is 0 Å². The molecule has 0 radical (unpaired) electrons. The molecule has 0 atom stereocenters. The molecular formula is C57H35N3O. The van der Waals surface area contributed by atoms with E-state index in [2.05, 4.69) is 188 Å². The van der Waals surface area contributed by atoms with E-state index in [1.54, 1.807) is 0 Å². The minimum atomic E-state index is 0.556. The van der Waals surface area contributed by atoms with Crippen LogP contribution in [0.1, 0.15) is 0 Å². The molecule has 0 saturated carbocycles. The second-order valence-electron chi connectivity index (χ2n) is 15.6. The van der Waals surface area contributed by atoms with Crippen LogP contribution in [0.15, 0.2) is 217 Å². The van der Waals surface area contributed by atoms with Crippen LogP contribution in [0.5, 0.6) is 0 Å². The molecule has 0 aliphatic carbocycles. The van der Waals surface area contributed by atoms with Crippen LogP contribution in [-0.4, -0.2) is 15.0 Å². The van der Waals surface area contributed by atoms with Crippen molar-refractivity contribution in [3.63, 3.8) is 0 Å². The molecule has 4 heteroatoms. The highest BCUT2D eigenvalue weighted by Gasteiger charge is 2.20.